The second kappa shape index (κ2) is 8.86. The Balaban J connectivity index is 0.000000249. The average molecular weight is 232 g/mol. The highest BCUT2D eigenvalue weighted by molar-refractivity contribution is 7.80. The van der Waals surface area contributed by atoms with Crippen molar-refractivity contribution >= 4 is 31.5 Å². The highest BCUT2D eigenvalue weighted by atomic mass is 32.1. The van der Waals surface area contributed by atoms with E-state index < -0.39 is 12.0 Å². The molecule has 0 aliphatic heterocycles. The van der Waals surface area contributed by atoms with Crippen molar-refractivity contribution in [2.75, 3.05) is 5.75 Å². The van der Waals surface area contributed by atoms with E-state index in [9.17, 15) is 4.79 Å². The summed E-state index contributed by atoms with van der Waals surface area (Å²) in [5.74, 6) is -0.275. The first-order valence-corrected chi connectivity index (χ1v) is 4.78. The zero-order valence-electron chi connectivity index (χ0n) is 7.41. The number of nitrogens with two attached hydrogens (primary N) is 1. The predicted molar refractivity (Wildman–Crippen MR) is 61.1 cm³/mol. The first-order chi connectivity index (χ1) is 6.72. The molecule has 0 saturated carbocycles. The highest BCUT2D eigenvalue weighted by Gasteiger charge is 2.10. The molecule has 6 heteroatoms. The van der Waals surface area contributed by atoms with Crippen LogP contribution in [0.5, 0.6) is 0 Å². The lowest BCUT2D eigenvalue weighted by molar-refractivity contribution is -0.133. The lowest BCUT2D eigenvalue weighted by atomic mass is 10.4. The molecule has 0 radical (unpaired) electrons. The summed E-state index contributed by atoms with van der Waals surface area (Å²) in [5.41, 5.74) is 5.13. The van der Waals surface area contributed by atoms with Crippen molar-refractivity contribution in [3.8, 4) is 0 Å². The molecule has 0 aliphatic rings. The van der Waals surface area contributed by atoms with Gasteiger partial charge in [0, 0.05) is 31.1 Å². The number of pyridine rings is 1. The van der Waals surface area contributed by atoms with Crippen LogP contribution in [0.3, 0.4) is 0 Å². The number of aromatic nitrogens is 1. The van der Waals surface area contributed by atoms with Gasteiger partial charge in [-0.15, -0.1) is 0 Å². The molecule has 78 valence electrons. The van der Waals surface area contributed by atoms with Crippen LogP contribution < -0.4 is 5.73 Å². The van der Waals surface area contributed by atoms with Crippen LogP contribution in [0.1, 0.15) is 0 Å². The van der Waals surface area contributed by atoms with Crippen LogP contribution in [0.4, 0.5) is 0 Å². The number of nitrogens with zero attached hydrogens (tertiary/aromatic N) is 1. The molecule has 0 aliphatic carbocycles. The fraction of sp³-hybridized carbons (Fsp3) is 0.250. The molecule has 14 heavy (non-hydrogen) atoms. The molecule has 1 aromatic rings. The second-order valence-electron chi connectivity index (χ2n) is 2.22. The molecular weight excluding hydrogens is 220 g/mol. The lowest BCUT2D eigenvalue weighted by Gasteiger charge is -2.01. The molecule has 4 nitrogen and oxygen atoms in total. The first-order valence-electron chi connectivity index (χ1n) is 3.79. The summed E-state index contributed by atoms with van der Waals surface area (Å²) in [7, 11) is 0. The van der Waals surface area contributed by atoms with Gasteiger partial charge in [-0.3, -0.25) is 4.98 Å². The summed E-state index contributed by atoms with van der Waals surface area (Å²) in [5, 5.41) is 0. The van der Waals surface area contributed by atoms with Crippen LogP contribution in [0.25, 0.3) is 0 Å². The fourth-order valence-corrected chi connectivity index (χ4v) is 0.739. The van der Waals surface area contributed by atoms with Gasteiger partial charge in [0.1, 0.15) is 6.04 Å². The summed E-state index contributed by atoms with van der Waals surface area (Å²) in [6, 6.07) is 5.06. The zero-order valence-corrected chi connectivity index (χ0v) is 9.20. The van der Waals surface area contributed by atoms with Crippen LogP contribution >= 0.6 is 25.5 Å². The van der Waals surface area contributed by atoms with Gasteiger partial charge in [0.15, 0.2) is 0 Å². The van der Waals surface area contributed by atoms with E-state index in [0.29, 0.717) is 0 Å². The summed E-state index contributed by atoms with van der Waals surface area (Å²) < 4.78 is 3.98. The third-order valence-corrected chi connectivity index (χ3v) is 1.73. The Labute approximate surface area is 93.9 Å². The Morgan fingerprint density at radius 1 is 1.43 bits per heavy atom. The van der Waals surface area contributed by atoms with E-state index in [0.717, 1.165) is 0 Å². The molecule has 0 spiro atoms. The lowest BCUT2D eigenvalue weighted by Crippen LogP contribution is -2.32. The fourth-order valence-electron chi connectivity index (χ4n) is 0.455. The van der Waals surface area contributed by atoms with Crippen molar-refractivity contribution in [2.24, 2.45) is 5.73 Å². The second-order valence-corrected chi connectivity index (χ2v) is 2.77. The maximum Gasteiger partial charge on any atom is 0.335 e. The third-order valence-electron chi connectivity index (χ3n) is 1.16. The van der Waals surface area contributed by atoms with E-state index >= 15 is 0 Å². The molecule has 2 N–H and O–H groups in total. The molecule has 0 aromatic carbocycles. The Morgan fingerprint density at radius 3 is 2.14 bits per heavy atom. The minimum atomic E-state index is -0.657. The molecule has 0 unspecified atom stereocenters. The zero-order chi connectivity index (χ0) is 10.8. The molecule has 1 aromatic heterocycles. The Morgan fingerprint density at radius 2 is 2.00 bits per heavy atom. The van der Waals surface area contributed by atoms with Gasteiger partial charge in [-0.25, -0.2) is 4.79 Å². The van der Waals surface area contributed by atoms with Gasteiger partial charge in [-0.2, -0.15) is 12.6 Å². The van der Waals surface area contributed by atoms with Gasteiger partial charge in [0.25, 0.3) is 0 Å². The van der Waals surface area contributed by atoms with Gasteiger partial charge in [0.2, 0.25) is 0 Å². The molecule has 1 heterocycles. The van der Waals surface area contributed by atoms with Gasteiger partial charge < -0.3 is 9.92 Å². The molecule has 0 fully saturated rings. The number of thiol groups is 2. The van der Waals surface area contributed by atoms with Crippen LogP contribution in [0.2, 0.25) is 0 Å². The van der Waals surface area contributed by atoms with E-state index in [1.807, 2.05) is 18.2 Å². The molecule has 0 saturated heterocycles. The Kier molecular flexibility index (Phi) is 8.40. The minimum Gasteiger partial charge on any atom is -0.393 e. The molecule has 1 atom stereocenters. The van der Waals surface area contributed by atoms with Crippen LogP contribution in [0.15, 0.2) is 30.6 Å². The summed E-state index contributed by atoms with van der Waals surface area (Å²) in [6.45, 7) is 0. The molecule has 0 bridgehead atoms. The van der Waals surface area contributed by atoms with Crippen LogP contribution in [0, 0.1) is 0 Å². The van der Waals surface area contributed by atoms with Crippen LogP contribution in [-0.2, 0) is 8.98 Å². The van der Waals surface area contributed by atoms with Crippen molar-refractivity contribution < 1.29 is 8.98 Å². The van der Waals surface area contributed by atoms with Gasteiger partial charge >= 0.3 is 5.97 Å². The molecule has 0 amide bonds. The number of hydrogen-bond donors (Lipinski definition) is 3. The molecule has 1 rings (SSSR count). The first kappa shape index (κ1) is 13.3. The summed E-state index contributed by atoms with van der Waals surface area (Å²) >= 11 is 6.99. The Hall–Kier alpha value is -0.720. The third kappa shape index (κ3) is 6.76. The smallest absolute Gasteiger partial charge is 0.335 e. The molecular formula is C8H12N2O2S2. The number of carbonyl (C=O) groups is 1. The topological polar surface area (TPSA) is 65.2 Å². The van der Waals surface area contributed by atoms with Crippen molar-refractivity contribution in [3.63, 3.8) is 0 Å². The van der Waals surface area contributed by atoms with Gasteiger partial charge in [-0.05, 0) is 12.1 Å². The predicted octanol–water partition coefficient (Wildman–Crippen LogP) is 0.713. The van der Waals surface area contributed by atoms with E-state index in [4.69, 9.17) is 5.73 Å². The SMILES string of the molecule is N[C@@H](CS)C(=O)OS.c1ccncc1. The summed E-state index contributed by atoms with van der Waals surface area (Å²) in [6.07, 6.45) is 3.50. The monoisotopic (exact) mass is 232 g/mol. The number of hydrogen-bond acceptors (Lipinski definition) is 6. The quantitative estimate of drug-likeness (QED) is 0.519. The maximum atomic E-state index is 10.3. The van der Waals surface area contributed by atoms with E-state index in [1.54, 1.807) is 12.4 Å². The minimum absolute atomic E-state index is 0.277. The standard InChI is InChI=1S/C5H5N.C3H7NO2S2/c1-2-4-6-5-3-1;4-2(1-7)3(5)6-8/h1-5H;2,7-8H,1,4H2/t;2-/m.0/s1. The van der Waals surface area contributed by atoms with Crippen LogP contribution in [-0.4, -0.2) is 22.7 Å². The largest absolute Gasteiger partial charge is 0.393 e. The maximum absolute atomic E-state index is 10.3. The van der Waals surface area contributed by atoms with E-state index in [2.05, 4.69) is 34.7 Å². The normalized spacial score (nSPS) is 10.8. The van der Waals surface area contributed by atoms with E-state index in [-0.39, 0.29) is 5.75 Å². The number of carbonyl (C=O) groups excluding carboxylic acids is 1. The Bertz CT molecular complexity index is 220. The highest BCUT2D eigenvalue weighted by Crippen LogP contribution is 1.89. The van der Waals surface area contributed by atoms with Crippen molar-refractivity contribution in [2.45, 2.75) is 6.04 Å². The van der Waals surface area contributed by atoms with Gasteiger partial charge in [0.05, 0.1) is 0 Å². The van der Waals surface area contributed by atoms with Gasteiger partial charge in [-0.1, -0.05) is 6.07 Å². The van der Waals surface area contributed by atoms with E-state index in [1.165, 1.54) is 0 Å². The van der Waals surface area contributed by atoms with Crippen molar-refractivity contribution in [3.05, 3.63) is 30.6 Å². The summed E-state index contributed by atoms with van der Waals surface area (Å²) in [4.78, 5) is 14.1. The number of rotatable bonds is 2. The van der Waals surface area contributed by atoms with Crippen molar-refractivity contribution in [1.82, 2.24) is 4.98 Å². The van der Waals surface area contributed by atoms with Crippen molar-refractivity contribution in [1.29, 1.82) is 0 Å². The average Bonchev–Trinajstić information content (AvgIpc) is 2.30.